The molecule has 0 aromatic carbocycles. The minimum absolute atomic E-state index is 0.225. The first-order chi connectivity index (χ1) is 8.33. The van der Waals surface area contributed by atoms with E-state index in [4.69, 9.17) is 4.74 Å². The smallest absolute Gasteiger partial charge is 0.408 e. The molecule has 0 aliphatic heterocycles. The zero-order chi connectivity index (χ0) is 13.8. The molecule has 5 heteroatoms. The molecule has 0 spiro atoms. The van der Waals surface area contributed by atoms with E-state index in [1.54, 1.807) is 33.0 Å². The summed E-state index contributed by atoms with van der Waals surface area (Å²) in [5.41, 5.74) is 0.988. The Morgan fingerprint density at radius 3 is 2.72 bits per heavy atom. The molecule has 5 nitrogen and oxygen atoms in total. The molecule has 0 aliphatic carbocycles. The van der Waals surface area contributed by atoms with Gasteiger partial charge in [-0.15, -0.1) is 0 Å². The second-order valence-electron chi connectivity index (χ2n) is 5.09. The second-order valence-corrected chi connectivity index (χ2v) is 5.09. The summed E-state index contributed by atoms with van der Waals surface area (Å²) in [6.45, 7) is 7.00. The molecule has 1 atom stereocenters. The van der Waals surface area contributed by atoms with Gasteiger partial charge in [0.25, 0.3) is 0 Å². The van der Waals surface area contributed by atoms with E-state index in [-0.39, 0.29) is 6.61 Å². The highest BCUT2D eigenvalue weighted by Crippen LogP contribution is 2.15. The van der Waals surface area contributed by atoms with Crippen molar-refractivity contribution in [2.24, 2.45) is 0 Å². The fourth-order valence-electron chi connectivity index (χ4n) is 1.51. The predicted molar refractivity (Wildman–Crippen MR) is 68.2 cm³/mol. The van der Waals surface area contributed by atoms with Crippen LogP contribution in [0.5, 0.6) is 0 Å². The van der Waals surface area contributed by atoms with E-state index in [0.717, 1.165) is 5.56 Å². The van der Waals surface area contributed by atoms with Gasteiger partial charge in [0.1, 0.15) is 5.60 Å². The highest BCUT2D eigenvalue weighted by Gasteiger charge is 2.21. The number of hydrogen-bond donors (Lipinski definition) is 2. The first-order valence-corrected chi connectivity index (χ1v) is 5.85. The molecule has 100 valence electrons. The number of aliphatic hydroxyl groups excluding tert-OH is 1. The molecule has 0 aliphatic rings. The van der Waals surface area contributed by atoms with Crippen LogP contribution in [0.15, 0.2) is 18.3 Å². The number of rotatable bonds is 3. The molecule has 0 radical (unpaired) electrons. The van der Waals surface area contributed by atoms with Crippen LogP contribution in [0.3, 0.4) is 0 Å². The highest BCUT2D eigenvalue weighted by molar-refractivity contribution is 5.68. The van der Waals surface area contributed by atoms with Crippen molar-refractivity contribution < 1.29 is 14.6 Å². The molecule has 1 rings (SSSR count). The third-order valence-corrected chi connectivity index (χ3v) is 2.25. The second kappa shape index (κ2) is 5.82. The number of aromatic nitrogens is 1. The monoisotopic (exact) mass is 252 g/mol. The maximum absolute atomic E-state index is 11.6. The van der Waals surface area contributed by atoms with Crippen molar-refractivity contribution >= 4 is 6.09 Å². The number of amides is 1. The van der Waals surface area contributed by atoms with Gasteiger partial charge in [-0.2, -0.15) is 0 Å². The Morgan fingerprint density at radius 1 is 1.56 bits per heavy atom. The van der Waals surface area contributed by atoms with E-state index in [9.17, 15) is 9.90 Å². The van der Waals surface area contributed by atoms with Gasteiger partial charge in [0, 0.05) is 6.20 Å². The van der Waals surface area contributed by atoms with Crippen LogP contribution in [0.25, 0.3) is 0 Å². The lowest BCUT2D eigenvalue weighted by Crippen LogP contribution is -2.36. The van der Waals surface area contributed by atoms with Crippen molar-refractivity contribution in [3.8, 4) is 0 Å². The van der Waals surface area contributed by atoms with Gasteiger partial charge < -0.3 is 15.2 Å². The van der Waals surface area contributed by atoms with E-state index in [2.05, 4.69) is 10.3 Å². The van der Waals surface area contributed by atoms with Crippen molar-refractivity contribution in [3.05, 3.63) is 29.6 Å². The Balaban J connectivity index is 2.74. The van der Waals surface area contributed by atoms with Crippen molar-refractivity contribution in [2.45, 2.75) is 39.3 Å². The van der Waals surface area contributed by atoms with Crippen LogP contribution in [0, 0.1) is 6.92 Å². The third-order valence-electron chi connectivity index (χ3n) is 2.25. The van der Waals surface area contributed by atoms with Gasteiger partial charge in [0.05, 0.1) is 18.3 Å². The summed E-state index contributed by atoms with van der Waals surface area (Å²) in [6.07, 6.45) is 1.06. The van der Waals surface area contributed by atoms with E-state index in [0.29, 0.717) is 5.69 Å². The number of ether oxygens (including phenoxy) is 1. The Labute approximate surface area is 107 Å². The maximum Gasteiger partial charge on any atom is 0.408 e. The molecule has 18 heavy (non-hydrogen) atoms. The van der Waals surface area contributed by atoms with Gasteiger partial charge in [-0.3, -0.25) is 4.98 Å². The lowest BCUT2D eigenvalue weighted by Gasteiger charge is -2.23. The summed E-state index contributed by atoms with van der Waals surface area (Å²) in [5, 5.41) is 11.9. The predicted octanol–water partition coefficient (Wildman–Crippen LogP) is 1.95. The van der Waals surface area contributed by atoms with Gasteiger partial charge in [-0.05, 0) is 39.3 Å². The number of nitrogens with zero attached hydrogens (tertiary/aromatic N) is 1. The largest absolute Gasteiger partial charge is 0.444 e. The van der Waals surface area contributed by atoms with Gasteiger partial charge in [-0.1, -0.05) is 6.07 Å². The van der Waals surface area contributed by atoms with Gasteiger partial charge in [0.2, 0.25) is 0 Å². The molecular weight excluding hydrogens is 232 g/mol. The van der Waals surface area contributed by atoms with Crippen LogP contribution >= 0.6 is 0 Å². The summed E-state index contributed by atoms with van der Waals surface area (Å²) in [5.74, 6) is 0. The summed E-state index contributed by atoms with van der Waals surface area (Å²) < 4.78 is 5.14. The number of aryl methyl sites for hydroxylation is 1. The summed E-state index contributed by atoms with van der Waals surface area (Å²) >= 11 is 0. The number of aliphatic hydroxyl groups is 1. The molecular formula is C13H20N2O3. The van der Waals surface area contributed by atoms with Crippen LogP contribution in [0.1, 0.15) is 38.1 Å². The molecule has 0 fully saturated rings. The van der Waals surface area contributed by atoms with Crippen LogP contribution < -0.4 is 5.32 Å². The van der Waals surface area contributed by atoms with Crippen molar-refractivity contribution in [1.29, 1.82) is 0 Å². The third kappa shape index (κ3) is 4.33. The topological polar surface area (TPSA) is 71.5 Å². The van der Waals surface area contributed by atoms with Crippen LogP contribution in [0.4, 0.5) is 4.79 Å². The average Bonchev–Trinajstić information content (AvgIpc) is 2.24. The molecule has 1 amide bonds. The van der Waals surface area contributed by atoms with Crippen molar-refractivity contribution in [2.75, 3.05) is 6.61 Å². The Morgan fingerprint density at radius 2 is 2.22 bits per heavy atom. The summed E-state index contributed by atoms with van der Waals surface area (Å²) in [4.78, 5) is 15.8. The van der Waals surface area contributed by atoms with E-state index < -0.39 is 17.7 Å². The van der Waals surface area contributed by atoms with E-state index >= 15 is 0 Å². The van der Waals surface area contributed by atoms with Crippen molar-refractivity contribution in [1.82, 2.24) is 10.3 Å². The number of nitrogens with one attached hydrogen (secondary N) is 1. The van der Waals surface area contributed by atoms with Crippen LogP contribution in [-0.4, -0.2) is 28.4 Å². The first kappa shape index (κ1) is 14.4. The molecule has 1 unspecified atom stereocenters. The quantitative estimate of drug-likeness (QED) is 0.862. The normalized spacial score (nSPS) is 12.9. The fourth-order valence-corrected chi connectivity index (χ4v) is 1.51. The van der Waals surface area contributed by atoms with Gasteiger partial charge in [-0.25, -0.2) is 4.79 Å². The first-order valence-electron chi connectivity index (χ1n) is 5.85. The number of pyridine rings is 1. The highest BCUT2D eigenvalue weighted by atomic mass is 16.6. The summed E-state index contributed by atoms with van der Waals surface area (Å²) in [6, 6.07) is 3.13. The maximum atomic E-state index is 11.6. The zero-order valence-electron chi connectivity index (χ0n) is 11.2. The number of hydrogen-bond acceptors (Lipinski definition) is 4. The molecule has 0 bridgehead atoms. The molecule has 1 aromatic heterocycles. The zero-order valence-corrected chi connectivity index (χ0v) is 11.2. The van der Waals surface area contributed by atoms with E-state index in [1.165, 1.54) is 0 Å². The number of carbonyl (C=O) groups is 1. The number of alkyl carbamates (subject to hydrolysis) is 1. The number of carbonyl (C=O) groups excluding carboxylic acids is 1. The Bertz CT molecular complexity index is 413. The SMILES string of the molecule is Cc1cccnc1C(CO)NC(=O)OC(C)(C)C. The molecule has 1 aromatic rings. The minimum Gasteiger partial charge on any atom is -0.444 e. The Kier molecular flexibility index (Phi) is 4.67. The molecule has 2 N–H and O–H groups in total. The molecule has 0 saturated heterocycles. The van der Waals surface area contributed by atoms with Crippen molar-refractivity contribution in [3.63, 3.8) is 0 Å². The van der Waals surface area contributed by atoms with Gasteiger partial charge in [0.15, 0.2) is 0 Å². The van der Waals surface area contributed by atoms with Crippen LogP contribution in [0.2, 0.25) is 0 Å². The summed E-state index contributed by atoms with van der Waals surface area (Å²) in [7, 11) is 0. The minimum atomic E-state index is -0.566. The Hall–Kier alpha value is -1.62. The average molecular weight is 252 g/mol. The molecule has 0 saturated carbocycles. The standard InChI is InChI=1S/C13H20N2O3/c1-9-6-5-7-14-11(9)10(8-16)15-12(17)18-13(2,3)4/h5-7,10,16H,8H2,1-4H3,(H,15,17). The van der Waals surface area contributed by atoms with E-state index in [1.807, 2.05) is 13.0 Å². The lowest BCUT2D eigenvalue weighted by atomic mass is 10.1. The van der Waals surface area contributed by atoms with Crippen LogP contribution in [-0.2, 0) is 4.74 Å². The van der Waals surface area contributed by atoms with Gasteiger partial charge >= 0.3 is 6.09 Å². The molecule has 1 heterocycles. The fraction of sp³-hybridized carbons (Fsp3) is 0.538. The lowest BCUT2D eigenvalue weighted by molar-refractivity contribution is 0.0480.